The molecule has 0 bridgehead atoms. The van der Waals surface area contributed by atoms with Gasteiger partial charge in [0.1, 0.15) is 16.1 Å². The number of sulfonamides is 2. The summed E-state index contributed by atoms with van der Waals surface area (Å²) in [6.45, 7) is 0. The lowest BCUT2D eigenvalue weighted by Gasteiger charge is -2.07. The van der Waals surface area contributed by atoms with Gasteiger partial charge in [-0.15, -0.1) is 0 Å². The zero-order valence-corrected chi connectivity index (χ0v) is 25.6. The molecule has 4 heterocycles. The number of nitrogen functional groups attached to an aromatic ring is 1. The minimum atomic E-state index is -4.47. The second-order valence-electron chi connectivity index (χ2n) is 7.53. The van der Waals surface area contributed by atoms with Crippen molar-refractivity contribution in [3.8, 4) is 0 Å². The minimum Gasteiger partial charge on any atom is -0.384 e. The summed E-state index contributed by atoms with van der Waals surface area (Å²) in [6.07, 6.45) is 2.06. The van der Waals surface area contributed by atoms with Crippen LogP contribution in [0.15, 0.2) is 58.8 Å². The van der Waals surface area contributed by atoms with Crippen LogP contribution in [0.5, 0.6) is 0 Å². The molecular formula is C20H18Cl4N10O8S2. The van der Waals surface area contributed by atoms with Crippen molar-refractivity contribution in [2.24, 2.45) is 0 Å². The van der Waals surface area contributed by atoms with Crippen molar-refractivity contribution in [3.63, 3.8) is 0 Å². The maximum Gasteiger partial charge on any atom is 0.364 e. The fourth-order valence-corrected chi connectivity index (χ4v) is 5.33. The number of nitrogens with zero attached hydrogens (tertiary/aromatic N) is 7. The molecule has 0 radical (unpaired) electrons. The van der Waals surface area contributed by atoms with Gasteiger partial charge in [-0.25, -0.2) is 34.4 Å². The van der Waals surface area contributed by atoms with E-state index >= 15 is 0 Å². The third-order valence-electron chi connectivity index (χ3n) is 4.48. The van der Waals surface area contributed by atoms with E-state index in [1.165, 1.54) is 18.2 Å². The van der Waals surface area contributed by atoms with E-state index in [0.717, 1.165) is 30.6 Å². The number of rotatable bonds is 7. The standard InChI is InChI=1S/C10H5Cl2N5O5S.C10H7Cl2N5O3S.3H2/c11-5-4-13-8(9(12)14-5)10(18)16-23(21,22)7-3-1-2-6(15-7)17(19)20;11-5-4-14-8(9(12)15-5)10(18)17-21(19,20)7-3-1-2-6(13)16-7;;;/h1-4H,(H,16,18);1-4H,(H2,13,16)(H,17,18);3*1H. The van der Waals surface area contributed by atoms with Crippen LogP contribution in [-0.2, 0) is 20.0 Å². The number of aromatic nitrogens is 6. The van der Waals surface area contributed by atoms with E-state index in [4.69, 9.17) is 52.1 Å². The largest absolute Gasteiger partial charge is 0.384 e. The fourth-order valence-electron chi connectivity index (χ4n) is 2.68. The molecule has 0 aliphatic rings. The van der Waals surface area contributed by atoms with Crippen molar-refractivity contribution in [2.75, 3.05) is 5.73 Å². The number of nitrogens with two attached hydrogens (primary N) is 1. The molecule has 0 saturated carbocycles. The molecule has 236 valence electrons. The number of halogens is 4. The molecule has 0 spiro atoms. The van der Waals surface area contributed by atoms with Crippen LogP contribution in [0.4, 0.5) is 11.6 Å². The van der Waals surface area contributed by atoms with Gasteiger partial charge in [-0.1, -0.05) is 52.5 Å². The zero-order chi connectivity index (χ0) is 32.8. The predicted octanol–water partition coefficient (Wildman–Crippen LogP) is 2.82. The Hall–Kier alpha value is -4.34. The summed E-state index contributed by atoms with van der Waals surface area (Å²) in [4.78, 5) is 54.8. The van der Waals surface area contributed by atoms with Crippen LogP contribution in [0.1, 0.15) is 25.3 Å². The van der Waals surface area contributed by atoms with E-state index < -0.39 is 63.5 Å². The molecule has 4 aromatic rings. The molecule has 0 aliphatic heterocycles. The van der Waals surface area contributed by atoms with Crippen molar-refractivity contribution < 1.29 is 35.6 Å². The highest BCUT2D eigenvalue weighted by Crippen LogP contribution is 2.17. The van der Waals surface area contributed by atoms with Gasteiger partial charge in [0.25, 0.3) is 26.9 Å². The summed E-state index contributed by atoms with van der Waals surface area (Å²) in [6, 6.07) is 7.07. The third kappa shape index (κ3) is 8.84. The lowest BCUT2D eigenvalue weighted by molar-refractivity contribution is -0.390. The molecule has 0 aliphatic carbocycles. The van der Waals surface area contributed by atoms with Crippen LogP contribution in [0.25, 0.3) is 0 Å². The average Bonchev–Trinajstić information content (AvgIpc) is 2.93. The van der Waals surface area contributed by atoms with E-state index in [1.807, 2.05) is 0 Å². The molecule has 44 heavy (non-hydrogen) atoms. The Labute approximate surface area is 270 Å². The Balaban J connectivity index is 0.000000849. The number of carbonyl (C=O) groups is 2. The van der Waals surface area contributed by atoms with Crippen LogP contribution < -0.4 is 15.2 Å². The maximum absolute atomic E-state index is 12.0. The van der Waals surface area contributed by atoms with Crippen molar-refractivity contribution in [2.45, 2.75) is 10.1 Å². The van der Waals surface area contributed by atoms with Crippen LogP contribution >= 0.6 is 46.4 Å². The number of anilines is 1. The summed E-state index contributed by atoms with van der Waals surface area (Å²) in [5.41, 5.74) is 4.53. The van der Waals surface area contributed by atoms with E-state index in [9.17, 15) is 36.5 Å². The summed E-state index contributed by atoms with van der Waals surface area (Å²) in [7, 11) is -8.67. The zero-order valence-electron chi connectivity index (χ0n) is 20.9. The lowest BCUT2D eigenvalue weighted by atomic mass is 10.4. The summed E-state index contributed by atoms with van der Waals surface area (Å²) in [5.74, 6) is -2.94. The van der Waals surface area contributed by atoms with E-state index in [1.54, 1.807) is 9.44 Å². The first-order valence-corrected chi connectivity index (χ1v) is 15.3. The second-order valence-corrected chi connectivity index (χ2v) is 12.3. The highest BCUT2D eigenvalue weighted by molar-refractivity contribution is 7.90. The molecule has 4 N–H and O–H groups in total. The molecule has 24 heteroatoms. The SMILES string of the molecule is Nc1cccc(S(=O)(=O)NC(=O)c2ncc(Cl)nc2Cl)n1.O=C(NS(=O)(=O)c1cccc([N+](=O)[O-])n1)c1ncc(Cl)nc1Cl.[HH].[HH].[HH]. The monoisotopic (exact) mass is 730 g/mol. The number of nitro groups is 1. The summed E-state index contributed by atoms with van der Waals surface area (Å²) < 4.78 is 51.4. The van der Waals surface area contributed by atoms with Gasteiger partial charge in [-0.2, -0.15) is 16.8 Å². The molecule has 0 saturated heterocycles. The van der Waals surface area contributed by atoms with Crippen LogP contribution in [-0.4, -0.2) is 63.5 Å². The maximum atomic E-state index is 12.0. The highest BCUT2D eigenvalue weighted by Gasteiger charge is 2.28. The molecule has 0 unspecified atom stereocenters. The topological polar surface area (TPSA) is 273 Å². The molecule has 0 aromatic carbocycles. The first-order chi connectivity index (χ1) is 20.5. The highest BCUT2D eigenvalue weighted by atomic mass is 35.5. The molecule has 4 aromatic heterocycles. The number of pyridine rings is 2. The molecule has 18 nitrogen and oxygen atoms in total. The Kier molecular flexibility index (Phi) is 10.8. The second kappa shape index (κ2) is 14.0. The predicted molar refractivity (Wildman–Crippen MR) is 159 cm³/mol. The van der Waals surface area contributed by atoms with E-state index in [2.05, 4.69) is 29.9 Å². The third-order valence-corrected chi connectivity index (χ3v) is 7.83. The molecule has 0 atom stereocenters. The normalized spacial score (nSPS) is 11.1. The fraction of sp³-hybridized carbons (Fsp3) is 0. The Bertz CT molecular complexity index is 2020. The van der Waals surface area contributed by atoms with Gasteiger partial charge < -0.3 is 15.8 Å². The van der Waals surface area contributed by atoms with Crippen molar-refractivity contribution in [1.82, 2.24) is 39.3 Å². The number of hydrogen-bond donors (Lipinski definition) is 3. The first kappa shape index (κ1) is 34.2. The Morgan fingerprint density at radius 2 is 1.18 bits per heavy atom. The molecular weight excluding hydrogens is 714 g/mol. The first-order valence-electron chi connectivity index (χ1n) is 10.8. The lowest BCUT2D eigenvalue weighted by Crippen LogP contribution is -2.32. The number of nitrogens with one attached hydrogen (secondary N) is 2. The van der Waals surface area contributed by atoms with Crippen LogP contribution in [0, 0.1) is 10.1 Å². The Morgan fingerprint density at radius 1 is 0.750 bits per heavy atom. The number of hydrogen-bond acceptors (Lipinski definition) is 15. The van der Waals surface area contributed by atoms with E-state index in [-0.39, 0.29) is 31.3 Å². The Morgan fingerprint density at radius 3 is 1.59 bits per heavy atom. The van der Waals surface area contributed by atoms with Crippen molar-refractivity contribution in [3.05, 3.63) is 90.9 Å². The minimum absolute atomic E-state index is 0. The van der Waals surface area contributed by atoms with Crippen molar-refractivity contribution in [1.29, 1.82) is 0 Å². The number of amides is 2. The van der Waals surface area contributed by atoms with Gasteiger partial charge in [0.05, 0.1) is 12.4 Å². The average molecular weight is 732 g/mol. The molecule has 0 fully saturated rings. The summed E-state index contributed by atoms with van der Waals surface area (Å²) in [5, 5.41) is 8.65. The van der Waals surface area contributed by atoms with Crippen molar-refractivity contribution >= 4 is 89.9 Å². The summed E-state index contributed by atoms with van der Waals surface area (Å²) >= 11 is 22.4. The van der Waals surface area contributed by atoms with Gasteiger partial charge in [0.2, 0.25) is 0 Å². The van der Waals surface area contributed by atoms with Gasteiger partial charge in [-0.3, -0.25) is 9.59 Å². The number of carbonyl (C=O) groups excluding carboxylic acids is 2. The molecule has 4 rings (SSSR count). The van der Waals surface area contributed by atoms with Crippen LogP contribution in [0.3, 0.4) is 0 Å². The van der Waals surface area contributed by atoms with Gasteiger partial charge in [0, 0.05) is 16.4 Å². The molecule has 2 amide bonds. The van der Waals surface area contributed by atoms with Gasteiger partial charge >= 0.3 is 15.8 Å². The van der Waals surface area contributed by atoms with Crippen LogP contribution in [0.2, 0.25) is 20.6 Å². The smallest absolute Gasteiger partial charge is 0.364 e. The van der Waals surface area contributed by atoms with E-state index in [0.29, 0.717) is 0 Å². The quantitative estimate of drug-likeness (QED) is 0.182. The van der Waals surface area contributed by atoms with Gasteiger partial charge in [0.15, 0.2) is 26.7 Å². The van der Waals surface area contributed by atoms with Gasteiger partial charge in [-0.05, 0) is 28.1 Å².